The summed E-state index contributed by atoms with van der Waals surface area (Å²) >= 11 is 0. The second-order valence-electron chi connectivity index (χ2n) is 4.39. The highest BCUT2D eigenvalue weighted by Crippen LogP contribution is 2.30. The van der Waals surface area contributed by atoms with E-state index >= 15 is 0 Å². The van der Waals surface area contributed by atoms with Crippen LogP contribution in [-0.2, 0) is 0 Å². The summed E-state index contributed by atoms with van der Waals surface area (Å²) in [5.41, 5.74) is 2.57. The van der Waals surface area contributed by atoms with Crippen LogP contribution in [0, 0.1) is 5.92 Å². The number of benzene rings is 1. The lowest BCUT2D eigenvalue weighted by Gasteiger charge is -2.36. The van der Waals surface area contributed by atoms with E-state index in [4.69, 9.17) is 0 Å². The second kappa shape index (κ2) is 3.52. The van der Waals surface area contributed by atoms with Crippen LogP contribution in [0.1, 0.15) is 13.8 Å². The highest BCUT2D eigenvalue weighted by molar-refractivity contribution is 5.72. The van der Waals surface area contributed by atoms with Crippen LogP contribution in [0.25, 0.3) is 0 Å². The summed E-state index contributed by atoms with van der Waals surface area (Å²) < 4.78 is 0. The Balaban J connectivity index is 2.29. The minimum absolute atomic E-state index is 0.565. The second-order valence-corrected chi connectivity index (χ2v) is 4.39. The molecule has 0 spiro atoms. The average Bonchev–Trinajstić information content (AvgIpc) is 2.17. The monoisotopic (exact) mass is 190 g/mol. The molecule has 0 aliphatic carbocycles. The molecule has 14 heavy (non-hydrogen) atoms. The van der Waals surface area contributed by atoms with Gasteiger partial charge in [0, 0.05) is 19.6 Å². The van der Waals surface area contributed by atoms with Crippen molar-refractivity contribution in [3.63, 3.8) is 0 Å². The highest BCUT2D eigenvalue weighted by Gasteiger charge is 2.22. The van der Waals surface area contributed by atoms with Gasteiger partial charge in [-0.2, -0.15) is 0 Å². The number of fused-ring (bicyclic) bond motifs is 1. The molecule has 76 valence electrons. The molecule has 0 radical (unpaired) electrons. The number of para-hydroxylation sites is 2. The maximum Gasteiger partial charge on any atom is 0.0600 e. The fraction of sp³-hybridized carbons (Fsp3) is 0.500. The van der Waals surface area contributed by atoms with E-state index in [9.17, 15) is 0 Å². The highest BCUT2D eigenvalue weighted by atomic mass is 15.2. The lowest BCUT2D eigenvalue weighted by Crippen LogP contribution is -2.42. The number of hydrogen-bond acceptors (Lipinski definition) is 2. The molecule has 1 unspecified atom stereocenters. The predicted octanol–water partition coefficient (Wildman–Crippen LogP) is 2.57. The summed E-state index contributed by atoms with van der Waals surface area (Å²) in [4.78, 5) is 2.33. The van der Waals surface area contributed by atoms with Crippen LogP contribution in [0.4, 0.5) is 11.4 Å². The number of hydrogen-bond donors (Lipinski definition) is 1. The molecule has 2 heteroatoms. The Bertz CT molecular complexity index is 320. The Labute approximate surface area is 85.9 Å². The third-order valence-corrected chi connectivity index (χ3v) is 2.93. The van der Waals surface area contributed by atoms with E-state index in [1.165, 1.54) is 11.4 Å². The predicted molar refractivity (Wildman–Crippen MR) is 62.0 cm³/mol. The number of rotatable bonds is 1. The van der Waals surface area contributed by atoms with Gasteiger partial charge in [0.25, 0.3) is 0 Å². The third-order valence-electron chi connectivity index (χ3n) is 2.93. The van der Waals surface area contributed by atoms with E-state index < -0.39 is 0 Å². The minimum Gasteiger partial charge on any atom is -0.379 e. The average molecular weight is 190 g/mol. The largest absolute Gasteiger partial charge is 0.379 e. The molecule has 1 heterocycles. The van der Waals surface area contributed by atoms with Gasteiger partial charge in [-0.1, -0.05) is 26.0 Å². The van der Waals surface area contributed by atoms with Crippen LogP contribution >= 0.6 is 0 Å². The molecule has 1 aromatic rings. The van der Waals surface area contributed by atoms with Crippen LogP contribution in [-0.4, -0.2) is 19.6 Å². The first-order chi connectivity index (χ1) is 6.68. The van der Waals surface area contributed by atoms with Gasteiger partial charge >= 0.3 is 0 Å². The molecular weight excluding hydrogens is 172 g/mol. The van der Waals surface area contributed by atoms with Gasteiger partial charge < -0.3 is 10.2 Å². The zero-order valence-corrected chi connectivity index (χ0v) is 9.12. The van der Waals surface area contributed by atoms with Crippen molar-refractivity contribution in [1.82, 2.24) is 0 Å². The quantitative estimate of drug-likeness (QED) is 0.732. The molecular formula is C12H18N2. The zero-order chi connectivity index (χ0) is 10.1. The van der Waals surface area contributed by atoms with E-state index in [2.05, 4.69) is 55.4 Å². The Morgan fingerprint density at radius 1 is 1.36 bits per heavy atom. The maximum absolute atomic E-state index is 3.59. The van der Waals surface area contributed by atoms with Crippen molar-refractivity contribution < 1.29 is 0 Å². The van der Waals surface area contributed by atoms with Gasteiger partial charge in [-0.25, -0.2) is 0 Å². The molecule has 0 bridgehead atoms. The van der Waals surface area contributed by atoms with Crippen LogP contribution in [0.5, 0.6) is 0 Å². The minimum atomic E-state index is 0.565. The van der Waals surface area contributed by atoms with Crippen LogP contribution in [0.2, 0.25) is 0 Å². The van der Waals surface area contributed by atoms with Gasteiger partial charge in [0.2, 0.25) is 0 Å². The van der Waals surface area contributed by atoms with E-state index in [0.717, 1.165) is 6.54 Å². The summed E-state index contributed by atoms with van der Waals surface area (Å²) in [6.45, 7) is 5.62. The normalized spacial score (nSPS) is 20.6. The molecule has 1 atom stereocenters. The van der Waals surface area contributed by atoms with E-state index in [-0.39, 0.29) is 0 Å². The lowest BCUT2D eigenvalue weighted by molar-refractivity contribution is 0.514. The lowest BCUT2D eigenvalue weighted by atomic mass is 10.0. The van der Waals surface area contributed by atoms with Crippen LogP contribution in [0.3, 0.4) is 0 Å². The molecule has 1 aromatic carbocycles. The summed E-state index contributed by atoms with van der Waals surface area (Å²) in [7, 11) is 2.16. The standard InChI is InChI=1S/C12H18N2/c1-9(2)11-8-14(3)12-7-5-4-6-10(12)13-11/h4-7,9,11,13H,8H2,1-3H3. The van der Waals surface area contributed by atoms with E-state index in [1.807, 2.05) is 0 Å². The number of anilines is 2. The van der Waals surface area contributed by atoms with Crippen molar-refractivity contribution in [3.8, 4) is 0 Å². The Hall–Kier alpha value is -1.18. The van der Waals surface area contributed by atoms with Crippen LogP contribution < -0.4 is 10.2 Å². The number of nitrogens with one attached hydrogen (secondary N) is 1. The van der Waals surface area contributed by atoms with E-state index in [0.29, 0.717) is 12.0 Å². The van der Waals surface area contributed by atoms with Gasteiger partial charge in [0.05, 0.1) is 11.4 Å². The van der Waals surface area contributed by atoms with Gasteiger partial charge in [0.1, 0.15) is 0 Å². The zero-order valence-electron chi connectivity index (χ0n) is 9.12. The fourth-order valence-electron chi connectivity index (χ4n) is 1.94. The molecule has 2 rings (SSSR count). The molecule has 0 amide bonds. The van der Waals surface area contributed by atoms with E-state index in [1.54, 1.807) is 0 Å². The van der Waals surface area contributed by atoms with Gasteiger partial charge in [0.15, 0.2) is 0 Å². The summed E-state index contributed by atoms with van der Waals surface area (Å²) in [6, 6.07) is 9.06. The number of likely N-dealkylation sites (N-methyl/N-ethyl adjacent to an activating group) is 1. The maximum atomic E-state index is 3.59. The topological polar surface area (TPSA) is 15.3 Å². The smallest absolute Gasteiger partial charge is 0.0600 e. The third kappa shape index (κ3) is 1.57. The summed E-state index contributed by atoms with van der Waals surface area (Å²) in [6.07, 6.45) is 0. The van der Waals surface area contributed by atoms with Gasteiger partial charge in [-0.3, -0.25) is 0 Å². The van der Waals surface area contributed by atoms with Crippen molar-refractivity contribution in [2.24, 2.45) is 5.92 Å². The molecule has 1 aliphatic heterocycles. The molecule has 1 aliphatic rings. The Morgan fingerprint density at radius 2 is 2.07 bits per heavy atom. The molecule has 0 saturated heterocycles. The van der Waals surface area contributed by atoms with Crippen molar-refractivity contribution >= 4 is 11.4 Å². The Morgan fingerprint density at radius 3 is 2.79 bits per heavy atom. The SMILES string of the molecule is CC(C)C1CN(C)c2ccccc2N1. The first-order valence-corrected chi connectivity index (χ1v) is 5.25. The van der Waals surface area contributed by atoms with Crippen molar-refractivity contribution in [2.45, 2.75) is 19.9 Å². The Kier molecular flexibility index (Phi) is 2.36. The molecule has 0 saturated carbocycles. The summed E-state index contributed by atoms with van der Waals surface area (Å²) in [5, 5.41) is 3.59. The molecule has 2 nitrogen and oxygen atoms in total. The van der Waals surface area contributed by atoms with Crippen molar-refractivity contribution in [3.05, 3.63) is 24.3 Å². The van der Waals surface area contributed by atoms with Crippen LogP contribution in [0.15, 0.2) is 24.3 Å². The van der Waals surface area contributed by atoms with Crippen molar-refractivity contribution in [2.75, 3.05) is 23.8 Å². The van der Waals surface area contributed by atoms with Crippen molar-refractivity contribution in [1.29, 1.82) is 0 Å². The molecule has 0 fully saturated rings. The van der Waals surface area contributed by atoms with Gasteiger partial charge in [-0.05, 0) is 18.1 Å². The first-order valence-electron chi connectivity index (χ1n) is 5.25. The first kappa shape index (κ1) is 9.38. The molecule has 0 aromatic heterocycles. The fourth-order valence-corrected chi connectivity index (χ4v) is 1.94. The number of nitrogens with zero attached hydrogens (tertiary/aromatic N) is 1. The molecule has 1 N–H and O–H groups in total. The van der Waals surface area contributed by atoms with Gasteiger partial charge in [-0.15, -0.1) is 0 Å². The summed E-state index contributed by atoms with van der Waals surface area (Å²) in [5.74, 6) is 0.672.